The van der Waals surface area contributed by atoms with Crippen molar-refractivity contribution in [3.05, 3.63) is 65.5 Å². The van der Waals surface area contributed by atoms with Crippen molar-refractivity contribution in [3.8, 4) is 5.75 Å². The van der Waals surface area contributed by atoms with Crippen LogP contribution in [0.25, 0.3) is 0 Å². The molecule has 0 aliphatic carbocycles. The van der Waals surface area contributed by atoms with Crippen molar-refractivity contribution in [3.63, 3.8) is 0 Å². The Hall–Kier alpha value is -1.99. The maximum Gasteiger partial charge on any atom is 0.163 e. The summed E-state index contributed by atoms with van der Waals surface area (Å²) in [5.41, 5.74) is 1.07. The first-order valence-electron chi connectivity index (χ1n) is 8.89. The van der Waals surface area contributed by atoms with Crippen molar-refractivity contribution in [1.82, 2.24) is 0 Å². The van der Waals surface area contributed by atoms with Gasteiger partial charge in [-0.25, -0.2) is 4.39 Å². The van der Waals surface area contributed by atoms with Crippen molar-refractivity contribution in [2.75, 3.05) is 20.3 Å². The van der Waals surface area contributed by atoms with Crippen molar-refractivity contribution in [2.45, 2.75) is 37.9 Å². The van der Waals surface area contributed by atoms with Crippen LogP contribution in [0, 0.1) is 5.82 Å². The molecule has 1 unspecified atom stereocenters. The molecule has 0 saturated carbocycles. The third-order valence-electron chi connectivity index (χ3n) is 4.51. The Morgan fingerprint density at radius 3 is 2.48 bits per heavy atom. The number of ether oxygens (including phenoxy) is 4. The summed E-state index contributed by atoms with van der Waals surface area (Å²) in [4.78, 5) is 0. The smallest absolute Gasteiger partial charge is 0.163 e. The van der Waals surface area contributed by atoms with Crippen LogP contribution in [0.5, 0.6) is 5.75 Å². The van der Waals surface area contributed by atoms with Gasteiger partial charge in [0.05, 0.1) is 20.3 Å². The molecule has 146 valence electrons. The first kappa shape index (κ1) is 19.8. The zero-order valence-corrected chi connectivity index (χ0v) is 15.7. The van der Waals surface area contributed by atoms with E-state index in [1.807, 2.05) is 38.1 Å². The van der Waals surface area contributed by atoms with Gasteiger partial charge in [-0.15, -0.1) is 0 Å². The Balaban J connectivity index is 1.76. The molecule has 1 N–H and O–H groups in total. The standard InChI is InChI=1S/C21H25FO5/c1-21(2)26-13-19(27-21)20(14-8-10-15(24-3)11-9-14)25-12-18(23)16-6-4-5-7-17(16)22/h4-11,18-20,23H,12-13H2,1-3H3/t18?,19-,20-/m1/s1. The summed E-state index contributed by atoms with van der Waals surface area (Å²) in [5, 5.41) is 10.4. The van der Waals surface area contributed by atoms with Gasteiger partial charge >= 0.3 is 0 Å². The average Bonchev–Trinajstić information content (AvgIpc) is 3.02. The first-order valence-corrected chi connectivity index (χ1v) is 8.89. The molecule has 0 radical (unpaired) electrons. The van der Waals surface area contributed by atoms with Gasteiger partial charge in [-0.1, -0.05) is 30.3 Å². The van der Waals surface area contributed by atoms with Crippen molar-refractivity contribution >= 4 is 0 Å². The Morgan fingerprint density at radius 1 is 1.19 bits per heavy atom. The summed E-state index contributed by atoms with van der Waals surface area (Å²) in [5.74, 6) is -0.438. The van der Waals surface area contributed by atoms with Gasteiger partial charge in [0.25, 0.3) is 0 Å². The second-order valence-electron chi connectivity index (χ2n) is 6.93. The highest BCUT2D eigenvalue weighted by Gasteiger charge is 2.39. The molecule has 1 aliphatic rings. The molecule has 6 heteroatoms. The second-order valence-corrected chi connectivity index (χ2v) is 6.93. The predicted octanol–water partition coefficient (Wildman–Crippen LogP) is 3.78. The summed E-state index contributed by atoms with van der Waals surface area (Å²) < 4.78 is 36.7. The van der Waals surface area contributed by atoms with Gasteiger partial charge in [0, 0.05) is 5.56 Å². The lowest BCUT2D eigenvalue weighted by atomic mass is 10.0. The van der Waals surface area contributed by atoms with E-state index >= 15 is 0 Å². The molecule has 0 spiro atoms. The maximum absolute atomic E-state index is 13.9. The SMILES string of the molecule is COc1ccc([C@@H](OCC(O)c2ccccc2F)[C@H]2COC(C)(C)O2)cc1. The van der Waals surface area contributed by atoms with Crippen LogP contribution in [0.1, 0.15) is 37.2 Å². The zero-order chi connectivity index (χ0) is 19.4. The zero-order valence-electron chi connectivity index (χ0n) is 15.7. The predicted molar refractivity (Wildman–Crippen MR) is 98.0 cm³/mol. The van der Waals surface area contributed by atoms with Crippen LogP contribution in [-0.2, 0) is 14.2 Å². The third-order valence-corrected chi connectivity index (χ3v) is 4.51. The lowest BCUT2D eigenvalue weighted by Crippen LogP contribution is -2.28. The number of methoxy groups -OCH3 is 1. The van der Waals surface area contributed by atoms with Gasteiger partial charge in [-0.05, 0) is 37.6 Å². The van der Waals surface area contributed by atoms with E-state index in [2.05, 4.69) is 0 Å². The Morgan fingerprint density at radius 2 is 1.89 bits per heavy atom. The minimum atomic E-state index is -1.08. The van der Waals surface area contributed by atoms with Gasteiger partial charge in [0.15, 0.2) is 5.79 Å². The largest absolute Gasteiger partial charge is 0.497 e. The molecule has 5 nitrogen and oxygen atoms in total. The molecule has 0 amide bonds. The van der Waals surface area contributed by atoms with Crippen LogP contribution in [0.2, 0.25) is 0 Å². The Bertz CT molecular complexity index is 746. The van der Waals surface area contributed by atoms with Gasteiger partial charge in [-0.3, -0.25) is 0 Å². The van der Waals surface area contributed by atoms with E-state index in [0.29, 0.717) is 6.61 Å². The van der Waals surface area contributed by atoms with Gasteiger partial charge in [-0.2, -0.15) is 0 Å². The normalized spacial score (nSPS) is 21.0. The highest BCUT2D eigenvalue weighted by molar-refractivity contribution is 5.29. The van der Waals surface area contributed by atoms with Crippen LogP contribution >= 0.6 is 0 Å². The first-order chi connectivity index (χ1) is 12.9. The molecule has 0 aromatic heterocycles. The fraction of sp³-hybridized carbons (Fsp3) is 0.429. The van der Waals surface area contributed by atoms with E-state index in [0.717, 1.165) is 11.3 Å². The molecule has 27 heavy (non-hydrogen) atoms. The van der Waals surface area contributed by atoms with E-state index in [-0.39, 0.29) is 18.3 Å². The number of halogens is 1. The molecule has 0 bridgehead atoms. The number of aliphatic hydroxyl groups excluding tert-OH is 1. The molecular weight excluding hydrogens is 351 g/mol. The van der Waals surface area contributed by atoms with Crippen LogP contribution in [0.3, 0.4) is 0 Å². The van der Waals surface area contributed by atoms with Crippen LogP contribution in [-0.4, -0.2) is 37.3 Å². The highest BCUT2D eigenvalue weighted by Crippen LogP contribution is 2.34. The lowest BCUT2D eigenvalue weighted by molar-refractivity contribution is -0.160. The van der Waals surface area contributed by atoms with Crippen LogP contribution < -0.4 is 4.74 Å². The summed E-state index contributed by atoms with van der Waals surface area (Å²) in [6, 6.07) is 13.6. The number of hydrogen-bond donors (Lipinski definition) is 1. The molecule has 3 rings (SSSR count). The second kappa shape index (κ2) is 8.35. The van der Waals surface area contributed by atoms with Gasteiger partial charge in [0.2, 0.25) is 0 Å². The minimum Gasteiger partial charge on any atom is -0.497 e. The fourth-order valence-corrected chi connectivity index (χ4v) is 3.11. The summed E-state index contributed by atoms with van der Waals surface area (Å²) in [7, 11) is 1.60. The van der Waals surface area contributed by atoms with E-state index in [1.165, 1.54) is 6.07 Å². The van der Waals surface area contributed by atoms with E-state index in [9.17, 15) is 9.50 Å². The minimum absolute atomic E-state index is 0.0715. The fourth-order valence-electron chi connectivity index (χ4n) is 3.11. The molecule has 2 aromatic carbocycles. The molecule has 1 saturated heterocycles. The lowest BCUT2D eigenvalue weighted by Gasteiger charge is -2.26. The number of aliphatic hydroxyl groups is 1. The molecule has 1 heterocycles. The van der Waals surface area contributed by atoms with Gasteiger partial charge < -0.3 is 24.1 Å². The Kier molecular flexibility index (Phi) is 6.11. The topological polar surface area (TPSA) is 57.2 Å². The molecular formula is C21H25FO5. The molecule has 1 fully saturated rings. The maximum atomic E-state index is 13.9. The van der Waals surface area contributed by atoms with Crippen LogP contribution in [0.4, 0.5) is 4.39 Å². The summed E-state index contributed by atoms with van der Waals surface area (Å²) in [6.45, 7) is 3.97. The third kappa shape index (κ3) is 4.84. The van der Waals surface area contributed by atoms with Crippen LogP contribution in [0.15, 0.2) is 48.5 Å². The van der Waals surface area contributed by atoms with Crippen molar-refractivity contribution < 1.29 is 28.4 Å². The highest BCUT2D eigenvalue weighted by atomic mass is 19.1. The van der Waals surface area contributed by atoms with Crippen molar-refractivity contribution in [1.29, 1.82) is 0 Å². The molecule has 3 atom stereocenters. The number of hydrogen-bond acceptors (Lipinski definition) is 5. The summed E-state index contributed by atoms with van der Waals surface area (Å²) >= 11 is 0. The number of benzene rings is 2. The van der Waals surface area contributed by atoms with Crippen molar-refractivity contribution in [2.24, 2.45) is 0 Å². The summed E-state index contributed by atoms with van der Waals surface area (Å²) in [6.07, 6.45) is -1.90. The monoisotopic (exact) mass is 376 g/mol. The number of rotatable bonds is 7. The van der Waals surface area contributed by atoms with E-state index < -0.39 is 23.8 Å². The quantitative estimate of drug-likeness (QED) is 0.797. The van der Waals surface area contributed by atoms with E-state index in [1.54, 1.807) is 25.3 Å². The average molecular weight is 376 g/mol. The molecule has 1 aliphatic heterocycles. The Labute approximate surface area is 158 Å². The van der Waals surface area contributed by atoms with E-state index in [4.69, 9.17) is 18.9 Å². The molecule has 2 aromatic rings. The van der Waals surface area contributed by atoms with Gasteiger partial charge in [0.1, 0.15) is 29.9 Å².